The summed E-state index contributed by atoms with van der Waals surface area (Å²) in [6.45, 7) is 2.78. The van der Waals surface area contributed by atoms with Crippen molar-refractivity contribution in [1.29, 1.82) is 0 Å². The molecule has 0 aliphatic rings. The molecule has 1 rings (SSSR count). The molecule has 0 aromatic carbocycles. The van der Waals surface area contributed by atoms with Gasteiger partial charge in [0.2, 0.25) is 0 Å². The lowest BCUT2D eigenvalue weighted by Crippen LogP contribution is -2.28. The number of carbonyl (C=O) groups excluding carboxylic acids is 1. The van der Waals surface area contributed by atoms with E-state index in [1.807, 2.05) is 0 Å². The SMILES string of the molecule is CSCC(C)CNC(=O)c1ccc(Br)o1. The number of nitrogens with one attached hydrogen (secondary N) is 1. The molecular formula is C10H14BrNO2S. The molecule has 1 atom stereocenters. The van der Waals surface area contributed by atoms with E-state index in [4.69, 9.17) is 4.42 Å². The topological polar surface area (TPSA) is 42.2 Å². The van der Waals surface area contributed by atoms with Crippen LogP contribution in [0.1, 0.15) is 17.5 Å². The number of amides is 1. The van der Waals surface area contributed by atoms with Crippen LogP contribution in [-0.4, -0.2) is 24.5 Å². The van der Waals surface area contributed by atoms with Gasteiger partial charge >= 0.3 is 0 Å². The predicted octanol–water partition coefficient (Wildman–Crippen LogP) is 2.77. The minimum absolute atomic E-state index is 0.159. The van der Waals surface area contributed by atoms with Gasteiger partial charge in [0.05, 0.1) is 0 Å². The van der Waals surface area contributed by atoms with Crippen molar-refractivity contribution >= 4 is 33.6 Å². The normalized spacial score (nSPS) is 12.5. The van der Waals surface area contributed by atoms with Crippen LogP contribution in [0.3, 0.4) is 0 Å². The fourth-order valence-electron chi connectivity index (χ4n) is 1.13. The Balaban J connectivity index is 2.36. The molecule has 1 N–H and O–H groups in total. The predicted molar refractivity (Wildman–Crippen MR) is 66.3 cm³/mol. The van der Waals surface area contributed by atoms with Gasteiger partial charge in [-0.15, -0.1) is 0 Å². The summed E-state index contributed by atoms with van der Waals surface area (Å²) in [4.78, 5) is 11.5. The first-order chi connectivity index (χ1) is 7.13. The van der Waals surface area contributed by atoms with Crippen LogP contribution in [0, 0.1) is 5.92 Å². The molecule has 1 unspecified atom stereocenters. The van der Waals surface area contributed by atoms with Crippen LogP contribution in [0.4, 0.5) is 0 Å². The first-order valence-electron chi connectivity index (χ1n) is 4.66. The van der Waals surface area contributed by atoms with Gasteiger partial charge in [-0.2, -0.15) is 11.8 Å². The average Bonchev–Trinajstić information content (AvgIpc) is 2.62. The molecule has 1 aromatic rings. The van der Waals surface area contributed by atoms with Crippen LogP contribution >= 0.6 is 27.7 Å². The van der Waals surface area contributed by atoms with E-state index in [1.165, 1.54) is 0 Å². The van der Waals surface area contributed by atoms with Gasteiger partial charge in [0.1, 0.15) is 0 Å². The van der Waals surface area contributed by atoms with Crippen LogP contribution in [0.25, 0.3) is 0 Å². The van der Waals surface area contributed by atoms with Gasteiger partial charge in [-0.3, -0.25) is 4.79 Å². The summed E-state index contributed by atoms with van der Waals surface area (Å²) in [7, 11) is 0. The van der Waals surface area contributed by atoms with Crippen molar-refractivity contribution < 1.29 is 9.21 Å². The van der Waals surface area contributed by atoms with Gasteiger partial charge in [0.25, 0.3) is 5.91 Å². The third kappa shape index (κ3) is 4.30. The first-order valence-corrected chi connectivity index (χ1v) is 6.84. The second-order valence-corrected chi connectivity index (χ2v) is 5.07. The summed E-state index contributed by atoms with van der Waals surface area (Å²) in [6.07, 6.45) is 2.06. The van der Waals surface area contributed by atoms with Crippen LogP contribution in [-0.2, 0) is 0 Å². The quantitative estimate of drug-likeness (QED) is 0.907. The van der Waals surface area contributed by atoms with E-state index in [1.54, 1.807) is 23.9 Å². The lowest BCUT2D eigenvalue weighted by Gasteiger charge is -2.09. The lowest BCUT2D eigenvalue weighted by atomic mass is 10.2. The largest absolute Gasteiger partial charge is 0.444 e. The molecule has 5 heteroatoms. The van der Waals surface area contributed by atoms with Crippen LogP contribution in [0.15, 0.2) is 21.2 Å². The molecule has 1 aromatic heterocycles. The van der Waals surface area contributed by atoms with E-state index in [9.17, 15) is 4.79 Å². The number of thioether (sulfide) groups is 1. The Morgan fingerprint density at radius 3 is 2.93 bits per heavy atom. The third-order valence-corrected chi connectivity index (χ3v) is 3.19. The van der Waals surface area contributed by atoms with E-state index in [2.05, 4.69) is 34.4 Å². The fourth-order valence-corrected chi connectivity index (χ4v) is 2.13. The molecule has 0 spiro atoms. The zero-order valence-electron chi connectivity index (χ0n) is 8.75. The second-order valence-electron chi connectivity index (χ2n) is 3.37. The van der Waals surface area contributed by atoms with Gasteiger partial charge in [0, 0.05) is 6.54 Å². The maximum absolute atomic E-state index is 11.5. The molecular weight excluding hydrogens is 278 g/mol. The highest BCUT2D eigenvalue weighted by Crippen LogP contribution is 2.13. The van der Waals surface area contributed by atoms with E-state index >= 15 is 0 Å². The molecule has 15 heavy (non-hydrogen) atoms. The second kappa shape index (κ2) is 6.23. The lowest BCUT2D eigenvalue weighted by molar-refractivity contribution is 0.0920. The number of halogens is 1. The average molecular weight is 292 g/mol. The minimum Gasteiger partial charge on any atom is -0.444 e. The molecule has 0 aliphatic heterocycles. The van der Waals surface area contributed by atoms with Crippen LogP contribution < -0.4 is 5.32 Å². The van der Waals surface area contributed by atoms with Crippen molar-refractivity contribution in [3.63, 3.8) is 0 Å². The Kier molecular flexibility index (Phi) is 5.25. The Labute approximate surface area is 102 Å². The Morgan fingerprint density at radius 1 is 1.67 bits per heavy atom. The monoisotopic (exact) mass is 291 g/mol. The van der Waals surface area contributed by atoms with Gasteiger partial charge in [0.15, 0.2) is 10.4 Å². The van der Waals surface area contributed by atoms with Gasteiger partial charge in [-0.1, -0.05) is 6.92 Å². The maximum Gasteiger partial charge on any atom is 0.287 e. The molecule has 0 fully saturated rings. The van der Waals surface area contributed by atoms with Gasteiger partial charge < -0.3 is 9.73 Å². The van der Waals surface area contributed by atoms with Crippen LogP contribution in [0.5, 0.6) is 0 Å². The number of furan rings is 1. The molecule has 0 aliphatic carbocycles. The van der Waals surface area contributed by atoms with Gasteiger partial charge in [-0.25, -0.2) is 0 Å². The summed E-state index contributed by atoms with van der Waals surface area (Å²) < 4.78 is 5.71. The molecule has 84 valence electrons. The highest BCUT2D eigenvalue weighted by molar-refractivity contribution is 9.10. The third-order valence-electron chi connectivity index (χ3n) is 1.86. The summed E-state index contributed by atoms with van der Waals surface area (Å²) >= 11 is 4.93. The molecule has 3 nitrogen and oxygen atoms in total. The molecule has 1 amide bonds. The highest BCUT2D eigenvalue weighted by Gasteiger charge is 2.10. The molecule has 0 radical (unpaired) electrons. The van der Waals surface area contributed by atoms with Crippen LogP contribution in [0.2, 0.25) is 0 Å². The Morgan fingerprint density at radius 2 is 2.40 bits per heavy atom. The van der Waals surface area contributed by atoms with E-state index in [0.717, 1.165) is 5.75 Å². The summed E-state index contributed by atoms with van der Waals surface area (Å²) in [5.74, 6) is 1.71. The zero-order chi connectivity index (χ0) is 11.3. The molecule has 0 saturated heterocycles. The van der Waals surface area contributed by atoms with E-state index in [0.29, 0.717) is 22.9 Å². The summed E-state index contributed by atoms with van der Waals surface area (Å²) in [6, 6.07) is 3.36. The number of hydrogen-bond acceptors (Lipinski definition) is 3. The zero-order valence-corrected chi connectivity index (χ0v) is 11.2. The first kappa shape index (κ1) is 12.6. The molecule has 0 saturated carbocycles. The number of hydrogen-bond donors (Lipinski definition) is 1. The summed E-state index contributed by atoms with van der Waals surface area (Å²) in [5.41, 5.74) is 0. The number of carbonyl (C=O) groups is 1. The van der Waals surface area contributed by atoms with Gasteiger partial charge in [-0.05, 0) is 46.0 Å². The minimum atomic E-state index is -0.159. The van der Waals surface area contributed by atoms with Crippen molar-refractivity contribution in [3.05, 3.63) is 22.6 Å². The molecule has 0 bridgehead atoms. The fraction of sp³-hybridized carbons (Fsp3) is 0.500. The van der Waals surface area contributed by atoms with E-state index < -0.39 is 0 Å². The van der Waals surface area contributed by atoms with E-state index in [-0.39, 0.29) is 5.91 Å². The standard InChI is InChI=1S/C10H14BrNO2S/c1-7(6-15-2)5-12-10(13)8-3-4-9(11)14-8/h3-4,7H,5-6H2,1-2H3,(H,12,13). The highest BCUT2D eigenvalue weighted by atomic mass is 79.9. The Bertz CT molecular complexity index is 327. The summed E-state index contributed by atoms with van der Waals surface area (Å²) in [5, 5.41) is 2.83. The van der Waals surface area contributed by atoms with Crippen molar-refractivity contribution in [1.82, 2.24) is 5.32 Å². The molecule has 1 heterocycles. The van der Waals surface area contributed by atoms with Crippen molar-refractivity contribution in [2.24, 2.45) is 5.92 Å². The smallest absolute Gasteiger partial charge is 0.287 e. The van der Waals surface area contributed by atoms with Crippen molar-refractivity contribution in [3.8, 4) is 0 Å². The maximum atomic E-state index is 11.5. The van der Waals surface area contributed by atoms with Crippen molar-refractivity contribution in [2.45, 2.75) is 6.92 Å². The number of rotatable bonds is 5. The Hall–Kier alpha value is -0.420. The van der Waals surface area contributed by atoms with Crippen molar-refractivity contribution in [2.75, 3.05) is 18.6 Å².